The second-order valence-electron chi connectivity index (χ2n) is 4.92. The van der Waals surface area contributed by atoms with Crippen LogP contribution in [-0.4, -0.2) is 26.7 Å². The Labute approximate surface area is 119 Å². The molecule has 2 heterocycles. The lowest BCUT2D eigenvalue weighted by molar-refractivity contribution is 0.314. The average molecular weight is 279 g/mol. The van der Waals surface area contributed by atoms with Crippen LogP contribution in [0, 0.1) is 13.8 Å². The van der Waals surface area contributed by atoms with Crippen LogP contribution in [0.15, 0.2) is 18.2 Å². The van der Waals surface area contributed by atoms with Crippen molar-refractivity contribution in [1.29, 1.82) is 0 Å². The van der Waals surface area contributed by atoms with Gasteiger partial charge in [0.15, 0.2) is 0 Å². The molecule has 5 heteroatoms. The summed E-state index contributed by atoms with van der Waals surface area (Å²) in [6.45, 7) is 5.56. The molecule has 2 aromatic rings. The zero-order valence-electron chi connectivity index (χ0n) is 11.8. The first-order valence-electron chi connectivity index (χ1n) is 6.26. The average Bonchev–Trinajstić information content (AvgIpc) is 2.56. The molecule has 0 radical (unpaired) electrons. The molecule has 0 amide bonds. The molecule has 0 aliphatic carbocycles. The molecule has 102 valence electrons. The normalized spacial score (nSPS) is 11.3. The van der Waals surface area contributed by atoms with Crippen molar-refractivity contribution in [3.05, 3.63) is 46.0 Å². The van der Waals surface area contributed by atoms with Gasteiger partial charge in [-0.25, -0.2) is 0 Å². The minimum absolute atomic E-state index is 0.710. The smallest absolute Gasteiger partial charge is 0.131 e. The van der Waals surface area contributed by atoms with Gasteiger partial charge < -0.3 is 0 Å². The van der Waals surface area contributed by atoms with Crippen molar-refractivity contribution in [2.24, 2.45) is 7.05 Å². The van der Waals surface area contributed by atoms with E-state index in [2.05, 4.69) is 22.0 Å². The number of nitrogens with zero attached hydrogens (tertiary/aromatic N) is 4. The summed E-state index contributed by atoms with van der Waals surface area (Å²) in [5.41, 5.74) is 4.18. The molecule has 2 rings (SSSR count). The summed E-state index contributed by atoms with van der Waals surface area (Å²) in [5.74, 6) is 0. The Morgan fingerprint density at radius 2 is 2.00 bits per heavy atom. The molecule has 0 N–H and O–H groups in total. The summed E-state index contributed by atoms with van der Waals surface area (Å²) in [4.78, 5) is 6.70. The maximum absolute atomic E-state index is 6.24. The number of aryl methyl sites for hydroxylation is 3. The molecule has 0 atom stereocenters. The molecule has 0 bridgehead atoms. The predicted octanol–water partition coefficient (Wildman–Crippen LogP) is 2.72. The summed E-state index contributed by atoms with van der Waals surface area (Å²) in [7, 11) is 3.92. The fraction of sp³-hybridized carbons (Fsp3) is 0.429. The van der Waals surface area contributed by atoms with Gasteiger partial charge in [-0.15, -0.1) is 0 Å². The summed E-state index contributed by atoms with van der Waals surface area (Å²) in [6, 6.07) is 6.08. The van der Waals surface area contributed by atoms with E-state index in [0.29, 0.717) is 5.15 Å². The van der Waals surface area contributed by atoms with Crippen molar-refractivity contribution in [3.63, 3.8) is 0 Å². The number of rotatable bonds is 4. The summed E-state index contributed by atoms with van der Waals surface area (Å²) >= 11 is 6.24. The van der Waals surface area contributed by atoms with Crippen LogP contribution >= 0.6 is 11.6 Å². The van der Waals surface area contributed by atoms with Crippen LogP contribution in [0.1, 0.15) is 22.6 Å². The van der Waals surface area contributed by atoms with Gasteiger partial charge in [-0.2, -0.15) is 5.10 Å². The van der Waals surface area contributed by atoms with E-state index in [-0.39, 0.29) is 0 Å². The Hall–Kier alpha value is -1.39. The van der Waals surface area contributed by atoms with Gasteiger partial charge in [-0.05, 0) is 33.0 Å². The minimum Gasteiger partial charge on any atom is -0.296 e. The Bertz CT molecular complexity index is 577. The summed E-state index contributed by atoms with van der Waals surface area (Å²) < 4.78 is 1.71. The van der Waals surface area contributed by atoms with Crippen LogP contribution in [0.5, 0.6) is 0 Å². The number of hydrogen-bond acceptors (Lipinski definition) is 3. The van der Waals surface area contributed by atoms with Crippen molar-refractivity contribution in [1.82, 2.24) is 19.7 Å². The van der Waals surface area contributed by atoms with E-state index in [4.69, 9.17) is 11.6 Å². The van der Waals surface area contributed by atoms with Gasteiger partial charge in [0.05, 0.1) is 11.4 Å². The summed E-state index contributed by atoms with van der Waals surface area (Å²) in [5, 5.41) is 5.04. The third-order valence-electron chi connectivity index (χ3n) is 3.08. The molecule has 0 saturated carbocycles. The second kappa shape index (κ2) is 5.72. The Morgan fingerprint density at radius 1 is 1.26 bits per heavy atom. The lowest BCUT2D eigenvalue weighted by Gasteiger charge is -2.16. The lowest BCUT2D eigenvalue weighted by Crippen LogP contribution is -2.18. The van der Waals surface area contributed by atoms with Gasteiger partial charge in [-0.1, -0.05) is 17.7 Å². The molecule has 0 spiro atoms. The van der Waals surface area contributed by atoms with Gasteiger partial charge >= 0.3 is 0 Å². The number of aromatic nitrogens is 3. The highest BCUT2D eigenvalue weighted by molar-refractivity contribution is 6.30. The Balaban J connectivity index is 2.07. The highest BCUT2D eigenvalue weighted by Crippen LogP contribution is 2.20. The van der Waals surface area contributed by atoms with Crippen molar-refractivity contribution in [2.45, 2.75) is 26.9 Å². The topological polar surface area (TPSA) is 34.0 Å². The van der Waals surface area contributed by atoms with E-state index in [1.807, 2.05) is 39.1 Å². The van der Waals surface area contributed by atoms with Crippen molar-refractivity contribution in [3.8, 4) is 0 Å². The van der Waals surface area contributed by atoms with Gasteiger partial charge in [0.2, 0.25) is 0 Å². The first-order chi connectivity index (χ1) is 8.97. The maximum atomic E-state index is 6.24. The molecule has 0 aromatic carbocycles. The molecular weight excluding hydrogens is 260 g/mol. The number of pyridine rings is 1. The molecule has 0 aliphatic rings. The fourth-order valence-corrected chi connectivity index (χ4v) is 2.38. The van der Waals surface area contributed by atoms with E-state index in [1.165, 1.54) is 0 Å². The summed E-state index contributed by atoms with van der Waals surface area (Å²) in [6.07, 6.45) is 0. The van der Waals surface area contributed by atoms with Crippen LogP contribution in [0.25, 0.3) is 0 Å². The Kier molecular flexibility index (Phi) is 4.22. The van der Waals surface area contributed by atoms with E-state index in [9.17, 15) is 0 Å². The highest BCUT2D eigenvalue weighted by atomic mass is 35.5. The van der Waals surface area contributed by atoms with E-state index < -0.39 is 0 Å². The molecule has 2 aromatic heterocycles. The van der Waals surface area contributed by atoms with E-state index in [0.717, 1.165) is 35.7 Å². The van der Waals surface area contributed by atoms with Crippen LogP contribution < -0.4 is 0 Å². The third kappa shape index (κ3) is 3.33. The predicted molar refractivity (Wildman–Crippen MR) is 77.1 cm³/mol. The van der Waals surface area contributed by atoms with E-state index in [1.54, 1.807) is 4.68 Å². The first kappa shape index (κ1) is 14.0. The van der Waals surface area contributed by atoms with Crippen LogP contribution in [0.4, 0.5) is 0 Å². The molecule has 0 unspecified atom stereocenters. The molecule has 4 nitrogen and oxygen atoms in total. The monoisotopic (exact) mass is 278 g/mol. The van der Waals surface area contributed by atoms with Crippen molar-refractivity contribution >= 4 is 11.6 Å². The number of hydrogen-bond donors (Lipinski definition) is 0. The van der Waals surface area contributed by atoms with Gasteiger partial charge in [0.1, 0.15) is 5.15 Å². The standard InChI is InChI=1S/C14H19ClN4/c1-10-6-5-7-12(16-10)8-18(3)9-13-11(2)17-19(4)14(13)15/h5-7H,8-9H2,1-4H3. The van der Waals surface area contributed by atoms with Crippen LogP contribution in [-0.2, 0) is 20.1 Å². The van der Waals surface area contributed by atoms with Gasteiger partial charge in [0.25, 0.3) is 0 Å². The highest BCUT2D eigenvalue weighted by Gasteiger charge is 2.13. The van der Waals surface area contributed by atoms with Crippen molar-refractivity contribution < 1.29 is 0 Å². The van der Waals surface area contributed by atoms with Crippen molar-refractivity contribution in [2.75, 3.05) is 7.05 Å². The largest absolute Gasteiger partial charge is 0.296 e. The minimum atomic E-state index is 0.710. The zero-order valence-corrected chi connectivity index (χ0v) is 12.6. The van der Waals surface area contributed by atoms with Gasteiger partial charge in [-0.3, -0.25) is 14.6 Å². The first-order valence-corrected chi connectivity index (χ1v) is 6.64. The molecule has 0 aliphatic heterocycles. The molecular formula is C14H19ClN4. The van der Waals surface area contributed by atoms with E-state index >= 15 is 0 Å². The van der Waals surface area contributed by atoms with Crippen LogP contribution in [0.3, 0.4) is 0 Å². The third-order valence-corrected chi connectivity index (χ3v) is 3.55. The molecule has 0 fully saturated rings. The van der Waals surface area contributed by atoms with Crippen LogP contribution in [0.2, 0.25) is 5.15 Å². The molecule has 0 saturated heterocycles. The molecule has 19 heavy (non-hydrogen) atoms. The fourth-order valence-electron chi connectivity index (χ4n) is 2.14. The quantitative estimate of drug-likeness (QED) is 0.862. The Morgan fingerprint density at radius 3 is 2.58 bits per heavy atom. The SMILES string of the molecule is Cc1cccc(CN(C)Cc2c(C)nn(C)c2Cl)n1. The second-order valence-corrected chi connectivity index (χ2v) is 5.28. The number of halogens is 1. The van der Waals surface area contributed by atoms with Gasteiger partial charge in [0, 0.05) is 31.4 Å². The lowest BCUT2D eigenvalue weighted by atomic mass is 10.2. The zero-order chi connectivity index (χ0) is 14.0. The maximum Gasteiger partial charge on any atom is 0.131 e.